The number of hydrogen-bond acceptors (Lipinski definition) is 6. The van der Waals surface area contributed by atoms with Crippen molar-refractivity contribution in [3.8, 4) is 11.3 Å². The summed E-state index contributed by atoms with van der Waals surface area (Å²) in [5.41, 5.74) is 2.18. The Bertz CT molecular complexity index is 1050. The molecule has 1 atom stereocenters. The number of amides is 1. The highest BCUT2D eigenvalue weighted by Gasteiger charge is 2.27. The number of aromatic nitrogens is 3. The van der Waals surface area contributed by atoms with E-state index in [-0.39, 0.29) is 24.2 Å². The molecule has 1 amide bonds. The molecule has 3 aromatic rings. The minimum absolute atomic E-state index is 0.000706. The lowest BCUT2D eigenvalue weighted by molar-refractivity contribution is -0.136. The summed E-state index contributed by atoms with van der Waals surface area (Å²) >= 11 is 0. The van der Waals surface area contributed by atoms with Gasteiger partial charge in [0.25, 0.3) is 0 Å². The van der Waals surface area contributed by atoms with E-state index < -0.39 is 0 Å². The van der Waals surface area contributed by atoms with E-state index in [0.717, 1.165) is 24.1 Å². The zero-order valence-corrected chi connectivity index (χ0v) is 17.3. The summed E-state index contributed by atoms with van der Waals surface area (Å²) in [5.74, 6) is 0.851. The van der Waals surface area contributed by atoms with Crippen LogP contribution in [0.5, 0.6) is 0 Å². The van der Waals surface area contributed by atoms with Gasteiger partial charge in [0, 0.05) is 55.8 Å². The number of anilines is 2. The minimum atomic E-state index is -0.327. The van der Waals surface area contributed by atoms with Crippen molar-refractivity contribution < 1.29 is 13.9 Å². The number of nitrogens with one attached hydrogen (secondary N) is 1. The number of methoxy groups -OCH3 is 1. The third kappa shape index (κ3) is 5.21. The molecule has 31 heavy (non-hydrogen) atoms. The molecule has 0 saturated carbocycles. The molecule has 8 heteroatoms. The lowest BCUT2D eigenvalue weighted by atomic mass is 9.96. The van der Waals surface area contributed by atoms with E-state index in [1.807, 2.05) is 18.2 Å². The van der Waals surface area contributed by atoms with Crippen LogP contribution in [0.1, 0.15) is 24.6 Å². The number of likely N-dealkylation sites (tertiary alicyclic amines) is 1. The third-order valence-corrected chi connectivity index (χ3v) is 5.20. The molecule has 0 radical (unpaired) electrons. The number of halogens is 1. The Kier molecular flexibility index (Phi) is 6.47. The molecule has 0 bridgehead atoms. The van der Waals surface area contributed by atoms with Gasteiger partial charge in [-0.1, -0.05) is 6.07 Å². The molecular formula is C23H24FN5O2. The Morgan fingerprint density at radius 3 is 2.94 bits per heavy atom. The molecule has 3 heterocycles. The third-order valence-electron chi connectivity index (χ3n) is 5.20. The van der Waals surface area contributed by atoms with Crippen LogP contribution in [0.15, 0.2) is 54.9 Å². The van der Waals surface area contributed by atoms with Crippen molar-refractivity contribution in [2.75, 3.05) is 32.1 Å². The summed E-state index contributed by atoms with van der Waals surface area (Å²) in [6.07, 6.45) is 5.20. The summed E-state index contributed by atoms with van der Waals surface area (Å²) in [6, 6.07) is 11.8. The number of nitrogens with zero attached hydrogens (tertiary/aromatic N) is 4. The largest absolute Gasteiger partial charge is 0.375 e. The summed E-state index contributed by atoms with van der Waals surface area (Å²) in [7, 11) is 1.52. The normalized spacial score (nSPS) is 16.2. The van der Waals surface area contributed by atoms with Crippen LogP contribution >= 0.6 is 0 Å². The van der Waals surface area contributed by atoms with Crippen molar-refractivity contribution in [3.63, 3.8) is 0 Å². The molecule has 1 saturated heterocycles. The van der Waals surface area contributed by atoms with Crippen LogP contribution in [0.2, 0.25) is 0 Å². The number of pyridine rings is 1. The molecule has 7 nitrogen and oxygen atoms in total. The van der Waals surface area contributed by atoms with Crippen LogP contribution in [0.4, 0.5) is 15.9 Å². The summed E-state index contributed by atoms with van der Waals surface area (Å²) < 4.78 is 18.6. The predicted molar refractivity (Wildman–Crippen MR) is 115 cm³/mol. The Morgan fingerprint density at radius 2 is 2.16 bits per heavy atom. The van der Waals surface area contributed by atoms with E-state index in [4.69, 9.17) is 14.7 Å². The van der Waals surface area contributed by atoms with Gasteiger partial charge in [0.1, 0.15) is 24.1 Å². The van der Waals surface area contributed by atoms with Crippen molar-refractivity contribution in [3.05, 3.63) is 66.5 Å². The average Bonchev–Trinajstić information content (AvgIpc) is 2.80. The Morgan fingerprint density at radius 1 is 1.26 bits per heavy atom. The van der Waals surface area contributed by atoms with Gasteiger partial charge in [0.05, 0.1) is 5.69 Å². The first-order valence-corrected chi connectivity index (χ1v) is 10.2. The fourth-order valence-electron chi connectivity index (χ4n) is 3.72. The molecule has 1 fully saturated rings. The second-order valence-corrected chi connectivity index (χ2v) is 7.49. The number of benzene rings is 1. The molecule has 0 spiro atoms. The van der Waals surface area contributed by atoms with Gasteiger partial charge >= 0.3 is 0 Å². The van der Waals surface area contributed by atoms with E-state index in [2.05, 4.69) is 10.3 Å². The average molecular weight is 421 g/mol. The van der Waals surface area contributed by atoms with E-state index in [9.17, 15) is 9.18 Å². The highest BCUT2D eigenvalue weighted by atomic mass is 19.1. The zero-order valence-electron chi connectivity index (χ0n) is 17.3. The summed E-state index contributed by atoms with van der Waals surface area (Å²) in [5, 5.41) is 3.18. The fraction of sp³-hybridized carbons (Fsp3) is 0.304. The summed E-state index contributed by atoms with van der Waals surface area (Å²) in [4.78, 5) is 27.8. The Balaban J connectivity index is 1.67. The van der Waals surface area contributed by atoms with Crippen LogP contribution in [0, 0.1) is 5.82 Å². The van der Waals surface area contributed by atoms with Crippen LogP contribution in [0.3, 0.4) is 0 Å². The van der Waals surface area contributed by atoms with Gasteiger partial charge in [-0.2, -0.15) is 0 Å². The SMILES string of the molecule is COCC(=O)N1CCC[C@H](c2nc(Nc3cccc(F)c3)cc(-c3cccnc3)n2)C1. The van der Waals surface area contributed by atoms with Gasteiger partial charge < -0.3 is 15.0 Å². The first-order chi connectivity index (χ1) is 15.1. The smallest absolute Gasteiger partial charge is 0.248 e. The van der Waals surface area contributed by atoms with Gasteiger partial charge in [0.15, 0.2) is 0 Å². The van der Waals surface area contributed by atoms with Crippen molar-refractivity contribution in [1.29, 1.82) is 0 Å². The minimum Gasteiger partial charge on any atom is -0.375 e. The topological polar surface area (TPSA) is 80.2 Å². The number of ether oxygens (including phenoxy) is 1. The van der Waals surface area contributed by atoms with E-state index in [1.165, 1.54) is 19.2 Å². The second-order valence-electron chi connectivity index (χ2n) is 7.49. The van der Waals surface area contributed by atoms with Gasteiger partial charge in [-0.15, -0.1) is 0 Å². The molecule has 1 aliphatic rings. The van der Waals surface area contributed by atoms with Crippen molar-refractivity contribution in [1.82, 2.24) is 19.9 Å². The molecular weight excluding hydrogens is 397 g/mol. The highest BCUT2D eigenvalue weighted by Crippen LogP contribution is 2.29. The number of carbonyl (C=O) groups is 1. The van der Waals surface area contributed by atoms with Crippen LogP contribution in [-0.4, -0.2) is 52.6 Å². The number of carbonyl (C=O) groups excluding carboxylic acids is 1. The quantitative estimate of drug-likeness (QED) is 0.653. The monoisotopic (exact) mass is 421 g/mol. The molecule has 160 valence electrons. The second kappa shape index (κ2) is 9.61. The maximum atomic E-state index is 13.6. The first-order valence-electron chi connectivity index (χ1n) is 10.2. The van der Waals surface area contributed by atoms with Crippen LogP contribution < -0.4 is 5.32 Å². The lowest BCUT2D eigenvalue weighted by Gasteiger charge is -2.32. The molecule has 1 aliphatic heterocycles. The summed E-state index contributed by atoms with van der Waals surface area (Å²) in [6.45, 7) is 1.31. The van der Waals surface area contributed by atoms with Gasteiger partial charge in [-0.25, -0.2) is 14.4 Å². The number of hydrogen-bond donors (Lipinski definition) is 1. The standard InChI is InChI=1S/C23H24FN5O2/c1-31-15-22(30)29-10-4-6-17(14-29)23-27-20(16-5-3-9-25-13-16)12-21(28-23)26-19-8-2-7-18(24)11-19/h2-3,5,7-9,11-13,17H,4,6,10,14-15H2,1H3,(H,26,27,28)/t17-/m0/s1. The molecule has 1 aromatic carbocycles. The van der Waals surface area contributed by atoms with Gasteiger partial charge in [-0.3, -0.25) is 9.78 Å². The number of rotatable bonds is 6. The van der Waals surface area contributed by atoms with Crippen LogP contribution in [0.25, 0.3) is 11.3 Å². The zero-order chi connectivity index (χ0) is 21.6. The first kappa shape index (κ1) is 20.9. The maximum absolute atomic E-state index is 13.6. The van der Waals surface area contributed by atoms with E-state index >= 15 is 0 Å². The van der Waals surface area contributed by atoms with Crippen molar-refractivity contribution >= 4 is 17.4 Å². The molecule has 0 unspecified atom stereocenters. The number of piperidine rings is 1. The fourth-order valence-corrected chi connectivity index (χ4v) is 3.72. The molecule has 1 N–H and O–H groups in total. The molecule has 0 aliphatic carbocycles. The molecule has 2 aromatic heterocycles. The van der Waals surface area contributed by atoms with Gasteiger partial charge in [-0.05, 0) is 43.2 Å². The highest BCUT2D eigenvalue weighted by molar-refractivity contribution is 5.77. The van der Waals surface area contributed by atoms with E-state index in [1.54, 1.807) is 29.4 Å². The lowest BCUT2D eigenvalue weighted by Crippen LogP contribution is -2.41. The van der Waals surface area contributed by atoms with Crippen LogP contribution in [-0.2, 0) is 9.53 Å². The van der Waals surface area contributed by atoms with Crippen molar-refractivity contribution in [2.24, 2.45) is 0 Å². The maximum Gasteiger partial charge on any atom is 0.248 e. The Labute approximate surface area is 180 Å². The predicted octanol–water partition coefficient (Wildman–Crippen LogP) is 3.77. The van der Waals surface area contributed by atoms with Crippen molar-refractivity contribution in [2.45, 2.75) is 18.8 Å². The van der Waals surface area contributed by atoms with E-state index in [0.29, 0.717) is 30.4 Å². The Hall–Kier alpha value is -3.39. The molecule has 4 rings (SSSR count). The van der Waals surface area contributed by atoms with Gasteiger partial charge in [0.2, 0.25) is 5.91 Å².